The normalized spacial score (nSPS) is 11.4. The topological polar surface area (TPSA) is 130 Å². The van der Waals surface area contributed by atoms with Crippen LogP contribution >= 0.6 is 12.2 Å². The largest absolute Gasteiger partial charge is 0.497 e. The van der Waals surface area contributed by atoms with Gasteiger partial charge in [-0.05, 0) is 48.6 Å². The zero-order valence-corrected chi connectivity index (χ0v) is 17.2. The van der Waals surface area contributed by atoms with Gasteiger partial charge < -0.3 is 9.72 Å². The smallest absolute Gasteiger partial charge is 0.264 e. The summed E-state index contributed by atoms with van der Waals surface area (Å²) in [5, 5.41) is 0.149. The van der Waals surface area contributed by atoms with Crippen molar-refractivity contribution in [1.29, 1.82) is 0 Å². The van der Waals surface area contributed by atoms with E-state index >= 15 is 0 Å². The van der Waals surface area contributed by atoms with E-state index in [-0.39, 0.29) is 32.3 Å². The Bertz CT molecular complexity index is 1450. The molecule has 9 nitrogen and oxygen atoms in total. The van der Waals surface area contributed by atoms with Gasteiger partial charge in [0.25, 0.3) is 15.6 Å². The highest BCUT2D eigenvalue weighted by Gasteiger charge is 2.19. The maximum absolute atomic E-state index is 12.7. The molecule has 2 heterocycles. The van der Waals surface area contributed by atoms with E-state index in [9.17, 15) is 13.2 Å². The summed E-state index contributed by atoms with van der Waals surface area (Å²) in [4.78, 5) is 26.4. The van der Waals surface area contributed by atoms with Crippen molar-refractivity contribution < 1.29 is 13.2 Å². The molecule has 152 valence electrons. The van der Waals surface area contributed by atoms with E-state index in [1.165, 1.54) is 19.2 Å². The van der Waals surface area contributed by atoms with Crippen LogP contribution in [-0.4, -0.2) is 35.5 Å². The molecule has 0 saturated carbocycles. The highest BCUT2D eigenvalue weighted by Crippen LogP contribution is 2.26. The summed E-state index contributed by atoms with van der Waals surface area (Å²) in [7, 11) is -2.39. The van der Waals surface area contributed by atoms with Crippen LogP contribution in [0.2, 0.25) is 0 Å². The van der Waals surface area contributed by atoms with Crippen molar-refractivity contribution in [3.05, 3.63) is 69.7 Å². The number of aromatic amines is 2. The molecule has 2 aromatic heterocycles. The molecule has 0 amide bonds. The highest BCUT2D eigenvalue weighted by atomic mass is 32.2. The van der Waals surface area contributed by atoms with E-state index in [0.29, 0.717) is 11.3 Å². The van der Waals surface area contributed by atoms with Crippen LogP contribution in [0, 0.1) is 4.77 Å². The number of hydrogen-bond donors (Lipinski definition) is 3. The summed E-state index contributed by atoms with van der Waals surface area (Å²) in [6.07, 6.45) is 0. The summed E-state index contributed by atoms with van der Waals surface area (Å²) >= 11 is 5.02. The molecular formula is C19H15N5O4S2. The lowest BCUT2D eigenvalue weighted by Crippen LogP contribution is -2.17. The Morgan fingerprint density at radius 3 is 2.37 bits per heavy atom. The van der Waals surface area contributed by atoms with E-state index in [4.69, 9.17) is 17.0 Å². The van der Waals surface area contributed by atoms with E-state index < -0.39 is 15.6 Å². The van der Waals surface area contributed by atoms with Gasteiger partial charge in [-0.2, -0.15) is 4.98 Å². The number of aromatic nitrogens is 4. The molecule has 4 rings (SSSR count). The molecule has 11 heteroatoms. The second-order valence-electron chi connectivity index (χ2n) is 6.17. The van der Waals surface area contributed by atoms with Gasteiger partial charge in [-0.15, -0.1) is 0 Å². The number of fused-ring (bicyclic) bond motifs is 1. The second-order valence-corrected chi connectivity index (χ2v) is 8.27. The van der Waals surface area contributed by atoms with Crippen molar-refractivity contribution in [1.82, 2.24) is 19.9 Å². The maximum atomic E-state index is 12.7. The van der Waals surface area contributed by atoms with Crippen LogP contribution in [0.1, 0.15) is 0 Å². The zero-order valence-electron chi connectivity index (χ0n) is 15.5. The minimum Gasteiger partial charge on any atom is -0.497 e. The Labute approximate surface area is 175 Å². The van der Waals surface area contributed by atoms with Crippen molar-refractivity contribution in [3.8, 4) is 17.0 Å². The maximum Gasteiger partial charge on any atom is 0.264 e. The molecule has 0 spiro atoms. The number of H-pyrrole nitrogens is 2. The predicted molar refractivity (Wildman–Crippen MR) is 115 cm³/mol. The van der Waals surface area contributed by atoms with Crippen LogP contribution < -0.4 is 15.0 Å². The first-order valence-corrected chi connectivity index (χ1v) is 10.5. The quantitative estimate of drug-likeness (QED) is 0.406. The fourth-order valence-electron chi connectivity index (χ4n) is 2.85. The second kappa shape index (κ2) is 7.69. The van der Waals surface area contributed by atoms with Crippen LogP contribution in [0.4, 0.5) is 5.95 Å². The van der Waals surface area contributed by atoms with Gasteiger partial charge >= 0.3 is 0 Å². The van der Waals surface area contributed by atoms with Gasteiger partial charge in [0.15, 0.2) is 10.4 Å². The minimum absolute atomic E-state index is 0.0542. The van der Waals surface area contributed by atoms with Gasteiger partial charge in [0.05, 0.1) is 17.7 Å². The van der Waals surface area contributed by atoms with Crippen LogP contribution in [0.3, 0.4) is 0 Å². The van der Waals surface area contributed by atoms with Crippen molar-refractivity contribution in [2.24, 2.45) is 0 Å². The van der Waals surface area contributed by atoms with E-state index in [1.807, 2.05) is 0 Å². The predicted octanol–water partition coefficient (Wildman–Crippen LogP) is 2.85. The lowest BCUT2D eigenvalue weighted by molar-refractivity contribution is 0.415. The average Bonchev–Trinajstić information content (AvgIpc) is 2.73. The van der Waals surface area contributed by atoms with Crippen molar-refractivity contribution in [2.45, 2.75) is 4.90 Å². The Morgan fingerprint density at radius 1 is 1.00 bits per heavy atom. The lowest BCUT2D eigenvalue weighted by atomic mass is 10.1. The zero-order chi connectivity index (χ0) is 21.3. The molecule has 0 fully saturated rings. The molecule has 4 aromatic rings. The van der Waals surface area contributed by atoms with Crippen LogP contribution in [-0.2, 0) is 10.0 Å². The molecule has 2 aromatic carbocycles. The number of nitrogens with one attached hydrogen (secondary N) is 3. The van der Waals surface area contributed by atoms with E-state index in [1.54, 1.807) is 42.5 Å². The molecule has 30 heavy (non-hydrogen) atoms. The fourth-order valence-corrected chi connectivity index (χ4v) is 4.01. The third kappa shape index (κ3) is 3.80. The summed E-state index contributed by atoms with van der Waals surface area (Å²) in [5.41, 5.74) is 0.424. The molecule has 0 bridgehead atoms. The van der Waals surface area contributed by atoms with Crippen molar-refractivity contribution in [3.63, 3.8) is 0 Å². The van der Waals surface area contributed by atoms with Crippen molar-refractivity contribution in [2.75, 3.05) is 11.8 Å². The standard InChI is InChI=1S/C19H15N5O4S2/c1-28-12-9-7-11(8-10-12)15-14-16(22-19(29)23-17(14)25)21-18(20-15)24-30(26,27)13-5-3-2-4-6-13/h2-10H,1H3,(H3,20,21,22,23,24,25,29). The first-order valence-electron chi connectivity index (χ1n) is 8.64. The summed E-state index contributed by atoms with van der Waals surface area (Å²) in [5.74, 6) is 0.420. The number of anilines is 1. The fraction of sp³-hybridized carbons (Fsp3) is 0.0526. The van der Waals surface area contributed by atoms with Gasteiger partial charge in [0.2, 0.25) is 5.95 Å². The summed E-state index contributed by atoms with van der Waals surface area (Å²) < 4.78 is 33.0. The number of rotatable bonds is 5. The first-order chi connectivity index (χ1) is 14.4. The van der Waals surface area contributed by atoms with Crippen LogP contribution in [0.15, 0.2) is 64.3 Å². The average molecular weight is 441 g/mol. The lowest BCUT2D eigenvalue weighted by Gasteiger charge is -2.11. The van der Waals surface area contributed by atoms with Gasteiger partial charge in [0.1, 0.15) is 11.1 Å². The van der Waals surface area contributed by atoms with Gasteiger partial charge in [0, 0.05) is 5.56 Å². The third-order valence-corrected chi connectivity index (χ3v) is 5.79. The Hall–Kier alpha value is -3.57. The minimum atomic E-state index is -3.93. The number of nitrogens with zero attached hydrogens (tertiary/aromatic N) is 2. The van der Waals surface area contributed by atoms with Gasteiger partial charge in [-0.3, -0.25) is 9.78 Å². The van der Waals surface area contributed by atoms with Gasteiger partial charge in [-0.1, -0.05) is 18.2 Å². The number of benzene rings is 2. The van der Waals surface area contributed by atoms with Crippen molar-refractivity contribution >= 4 is 39.2 Å². The number of sulfonamides is 1. The molecule has 3 N–H and O–H groups in total. The van der Waals surface area contributed by atoms with E-state index in [2.05, 4.69) is 24.7 Å². The monoisotopic (exact) mass is 441 g/mol. The third-order valence-electron chi connectivity index (χ3n) is 4.24. The summed E-state index contributed by atoms with van der Waals surface area (Å²) in [6.45, 7) is 0. The SMILES string of the molecule is COc1ccc(-c2nc(NS(=O)(=O)c3ccccc3)nc3[nH]c(=S)[nH]c(=O)c23)cc1. The molecule has 0 aliphatic heterocycles. The number of hydrogen-bond acceptors (Lipinski definition) is 7. The van der Waals surface area contributed by atoms with Crippen LogP contribution in [0.5, 0.6) is 5.75 Å². The molecule has 0 saturated heterocycles. The Kier molecular flexibility index (Phi) is 5.06. The number of methoxy groups -OCH3 is 1. The first kappa shape index (κ1) is 19.7. The molecule has 0 unspecified atom stereocenters. The van der Waals surface area contributed by atoms with E-state index in [0.717, 1.165) is 0 Å². The highest BCUT2D eigenvalue weighted by molar-refractivity contribution is 7.92. The molecule has 0 radical (unpaired) electrons. The number of ether oxygens (including phenoxy) is 1. The summed E-state index contributed by atoms with van der Waals surface area (Å²) in [6, 6.07) is 14.6. The Morgan fingerprint density at radius 2 is 1.70 bits per heavy atom. The van der Waals surface area contributed by atoms with Crippen LogP contribution in [0.25, 0.3) is 22.3 Å². The Balaban J connectivity index is 1.91. The molecule has 0 aliphatic rings. The molecule has 0 aliphatic carbocycles. The van der Waals surface area contributed by atoms with Gasteiger partial charge in [-0.25, -0.2) is 18.1 Å². The molecule has 0 atom stereocenters. The molecular weight excluding hydrogens is 426 g/mol.